The monoisotopic (exact) mass is 729 g/mol. The maximum Gasteiger partial charge on any atom is 0.272 e. The van der Waals surface area contributed by atoms with Gasteiger partial charge >= 0.3 is 0 Å². The van der Waals surface area contributed by atoms with Gasteiger partial charge in [-0.1, -0.05) is 66.5 Å². The van der Waals surface area contributed by atoms with Crippen LogP contribution in [0.3, 0.4) is 0 Å². The molecule has 0 saturated carbocycles. The minimum absolute atomic E-state index is 0.0191. The number of carbonyl (C=O) groups excluding carboxylic acids is 3. The van der Waals surface area contributed by atoms with E-state index in [0.717, 1.165) is 14.2 Å². The van der Waals surface area contributed by atoms with E-state index in [9.17, 15) is 14.4 Å². The Morgan fingerprint density at radius 3 is 2.29 bits per heavy atom. The van der Waals surface area contributed by atoms with Crippen molar-refractivity contribution in [3.05, 3.63) is 128 Å². The van der Waals surface area contributed by atoms with Crippen LogP contribution in [0.1, 0.15) is 29.3 Å². The Kier molecular flexibility index (Phi) is 11.5. The highest BCUT2D eigenvalue weighted by atomic mass is 127. The number of hydrogen-bond acceptors (Lipinski definition) is 4. The lowest BCUT2D eigenvalue weighted by atomic mass is 10.1. The summed E-state index contributed by atoms with van der Waals surface area (Å²) < 4.78 is 1.08. The van der Waals surface area contributed by atoms with Crippen LogP contribution in [0.15, 0.2) is 108 Å². The molecular formula is C32H26Cl2IN3O3S. The van der Waals surface area contributed by atoms with Crippen LogP contribution < -0.4 is 16.0 Å². The van der Waals surface area contributed by atoms with Gasteiger partial charge in [-0.25, -0.2) is 0 Å². The summed E-state index contributed by atoms with van der Waals surface area (Å²) in [6, 6.07) is 28.4. The molecule has 0 saturated heterocycles. The third-order valence-electron chi connectivity index (χ3n) is 5.96. The summed E-state index contributed by atoms with van der Waals surface area (Å²) in [5.74, 6) is -1.12. The second kappa shape index (κ2) is 15.2. The van der Waals surface area contributed by atoms with Crippen molar-refractivity contribution >= 4 is 92.7 Å². The number of rotatable bonds is 10. The first-order chi connectivity index (χ1) is 20.2. The molecule has 0 bridgehead atoms. The molecule has 214 valence electrons. The number of amides is 3. The van der Waals surface area contributed by atoms with Gasteiger partial charge in [0, 0.05) is 25.4 Å². The molecule has 3 amide bonds. The molecule has 0 heterocycles. The highest BCUT2D eigenvalue weighted by Crippen LogP contribution is 2.30. The molecule has 4 aromatic carbocycles. The molecule has 6 nitrogen and oxygen atoms in total. The van der Waals surface area contributed by atoms with Crippen LogP contribution in [0.25, 0.3) is 6.08 Å². The molecule has 0 fully saturated rings. The Morgan fingerprint density at radius 1 is 0.857 bits per heavy atom. The number of thioether (sulfide) groups is 1. The molecule has 0 spiro atoms. The van der Waals surface area contributed by atoms with E-state index in [0.29, 0.717) is 28.3 Å². The molecule has 0 aliphatic rings. The average Bonchev–Trinajstić information content (AvgIpc) is 2.99. The van der Waals surface area contributed by atoms with E-state index in [-0.39, 0.29) is 21.9 Å². The Bertz CT molecular complexity index is 1620. The first-order valence-electron chi connectivity index (χ1n) is 12.9. The fraction of sp³-hybridized carbons (Fsp3) is 0.0938. The van der Waals surface area contributed by atoms with Crippen LogP contribution in [0.5, 0.6) is 0 Å². The number of nitrogens with one attached hydrogen (secondary N) is 3. The van der Waals surface area contributed by atoms with Crippen LogP contribution >= 0.6 is 57.6 Å². The molecule has 10 heteroatoms. The van der Waals surface area contributed by atoms with Crippen molar-refractivity contribution in [3.63, 3.8) is 0 Å². The fourth-order valence-corrected chi connectivity index (χ4v) is 5.55. The summed E-state index contributed by atoms with van der Waals surface area (Å²) >= 11 is 16.2. The number of halogens is 3. The molecule has 4 aromatic rings. The van der Waals surface area contributed by atoms with Crippen LogP contribution in [-0.2, 0) is 9.59 Å². The maximum absolute atomic E-state index is 13.5. The average molecular weight is 730 g/mol. The van der Waals surface area contributed by atoms with Crippen LogP contribution in [-0.4, -0.2) is 23.0 Å². The van der Waals surface area contributed by atoms with Crippen LogP contribution in [0.2, 0.25) is 10.0 Å². The van der Waals surface area contributed by atoms with Crippen molar-refractivity contribution in [2.75, 3.05) is 10.6 Å². The molecule has 0 aromatic heterocycles. The molecule has 0 radical (unpaired) electrons. The molecule has 0 aliphatic heterocycles. The molecule has 3 N–H and O–H groups in total. The highest BCUT2D eigenvalue weighted by molar-refractivity contribution is 14.1. The van der Waals surface area contributed by atoms with Gasteiger partial charge in [-0.2, -0.15) is 0 Å². The quantitative estimate of drug-likeness (QED) is 0.0868. The zero-order valence-corrected chi connectivity index (χ0v) is 26.9. The predicted molar refractivity (Wildman–Crippen MR) is 181 cm³/mol. The summed E-state index contributed by atoms with van der Waals surface area (Å²) in [5, 5.41) is 8.74. The lowest BCUT2D eigenvalue weighted by Crippen LogP contribution is -2.30. The SMILES string of the molecule is CCC(Sc1cccc(NC(=O)/C(=C\c2cccc(Cl)c2Cl)NC(=O)c2ccccc2)c1)C(=O)Nc1ccc(I)cc1. The lowest BCUT2D eigenvalue weighted by molar-refractivity contribution is -0.116. The van der Waals surface area contributed by atoms with E-state index in [1.165, 1.54) is 17.8 Å². The summed E-state index contributed by atoms with van der Waals surface area (Å²) in [4.78, 5) is 40.2. The van der Waals surface area contributed by atoms with Gasteiger partial charge in [0.25, 0.3) is 11.8 Å². The third kappa shape index (κ3) is 8.84. The zero-order valence-electron chi connectivity index (χ0n) is 22.4. The van der Waals surface area contributed by atoms with Crippen molar-refractivity contribution in [1.82, 2.24) is 5.32 Å². The fourth-order valence-electron chi connectivity index (χ4n) is 3.82. The van der Waals surface area contributed by atoms with Gasteiger partial charge in [0.05, 0.1) is 15.3 Å². The molecule has 0 aliphatic carbocycles. The van der Waals surface area contributed by atoms with Crippen molar-refractivity contribution in [2.24, 2.45) is 0 Å². The van der Waals surface area contributed by atoms with Crippen LogP contribution in [0, 0.1) is 3.57 Å². The number of carbonyl (C=O) groups is 3. The normalized spacial score (nSPS) is 11.9. The molecule has 4 rings (SSSR count). The standard InChI is InChI=1S/C32H26Cl2IN3O3S/c1-2-28(32(41)36-23-16-14-22(35)15-17-23)42-25-12-7-11-24(19-25)37-31(40)27(18-21-10-6-13-26(33)29(21)34)38-30(39)20-8-4-3-5-9-20/h3-19,28H,2H2,1H3,(H,36,41)(H,37,40)(H,38,39)/b27-18+. The predicted octanol–water partition coefficient (Wildman–Crippen LogP) is 8.52. The summed E-state index contributed by atoms with van der Waals surface area (Å²) in [7, 11) is 0. The summed E-state index contributed by atoms with van der Waals surface area (Å²) in [6.07, 6.45) is 2.08. The van der Waals surface area contributed by atoms with Gasteiger partial charge in [0.1, 0.15) is 5.70 Å². The molecular weight excluding hydrogens is 704 g/mol. The Hall–Kier alpha value is -3.31. The van der Waals surface area contributed by atoms with Crippen molar-refractivity contribution in [1.29, 1.82) is 0 Å². The minimum Gasteiger partial charge on any atom is -0.325 e. The molecule has 42 heavy (non-hydrogen) atoms. The van der Waals surface area contributed by atoms with E-state index < -0.39 is 11.8 Å². The van der Waals surface area contributed by atoms with Crippen molar-refractivity contribution < 1.29 is 14.4 Å². The molecule has 1 unspecified atom stereocenters. The van der Waals surface area contributed by atoms with E-state index >= 15 is 0 Å². The van der Waals surface area contributed by atoms with Gasteiger partial charge in [0.15, 0.2) is 0 Å². The lowest BCUT2D eigenvalue weighted by Gasteiger charge is -2.16. The van der Waals surface area contributed by atoms with Crippen molar-refractivity contribution in [2.45, 2.75) is 23.5 Å². The zero-order chi connectivity index (χ0) is 30.1. The van der Waals surface area contributed by atoms with Crippen molar-refractivity contribution in [3.8, 4) is 0 Å². The van der Waals surface area contributed by atoms with E-state index in [1.807, 2.05) is 37.3 Å². The second-order valence-corrected chi connectivity index (χ2v) is 12.3. The Morgan fingerprint density at radius 2 is 1.57 bits per heavy atom. The Labute approximate surface area is 272 Å². The Balaban J connectivity index is 1.52. The van der Waals surface area contributed by atoms with Gasteiger partial charge in [-0.05, 0) is 101 Å². The van der Waals surface area contributed by atoms with Gasteiger partial charge < -0.3 is 16.0 Å². The number of benzene rings is 4. The topological polar surface area (TPSA) is 87.3 Å². The first-order valence-corrected chi connectivity index (χ1v) is 15.6. The summed E-state index contributed by atoms with van der Waals surface area (Å²) in [5.41, 5.74) is 2.07. The van der Waals surface area contributed by atoms with Crippen LogP contribution in [0.4, 0.5) is 11.4 Å². The minimum atomic E-state index is -0.555. The number of hydrogen-bond donors (Lipinski definition) is 3. The highest BCUT2D eigenvalue weighted by Gasteiger charge is 2.20. The second-order valence-electron chi connectivity index (χ2n) is 9.01. The molecule has 1 atom stereocenters. The maximum atomic E-state index is 13.5. The van der Waals surface area contributed by atoms with Gasteiger partial charge in [-0.15, -0.1) is 11.8 Å². The largest absolute Gasteiger partial charge is 0.325 e. The smallest absolute Gasteiger partial charge is 0.272 e. The third-order valence-corrected chi connectivity index (χ3v) is 8.87. The first kappa shape index (κ1) is 31.6. The van der Waals surface area contributed by atoms with E-state index in [4.69, 9.17) is 23.2 Å². The van der Waals surface area contributed by atoms with E-state index in [2.05, 4.69) is 38.5 Å². The number of anilines is 2. The van der Waals surface area contributed by atoms with E-state index in [1.54, 1.807) is 66.7 Å². The van der Waals surface area contributed by atoms with Gasteiger partial charge in [0.2, 0.25) is 5.91 Å². The van der Waals surface area contributed by atoms with Gasteiger partial charge in [-0.3, -0.25) is 14.4 Å². The summed E-state index contributed by atoms with van der Waals surface area (Å²) in [6.45, 7) is 1.95.